The molecular weight excluding hydrogens is 286 g/mol. The summed E-state index contributed by atoms with van der Waals surface area (Å²) in [7, 11) is -1.78. The fourth-order valence-corrected chi connectivity index (χ4v) is 3.87. The Morgan fingerprint density at radius 3 is 2.89 bits per heavy atom. The summed E-state index contributed by atoms with van der Waals surface area (Å²) in [6.45, 7) is 0.582. The molecule has 0 unspecified atom stereocenters. The van der Waals surface area contributed by atoms with Gasteiger partial charge in [0.1, 0.15) is 10.5 Å². The van der Waals surface area contributed by atoms with E-state index in [0.29, 0.717) is 18.8 Å². The summed E-state index contributed by atoms with van der Waals surface area (Å²) in [6, 6.07) is 3.37. The maximum Gasteiger partial charge on any atom is 0.250 e. The number of sulfonamides is 1. The van der Waals surface area contributed by atoms with Crippen LogP contribution >= 0.6 is 11.3 Å². The van der Waals surface area contributed by atoms with E-state index in [1.165, 1.54) is 22.3 Å². The van der Waals surface area contributed by atoms with E-state index in [2.05, 4.69) is 14.8 Å². The van der Waals surface area contributed by atoms with Crippen LogP contribution in [0.3, 0.4) is 0 Å². The standard InChI is InChI=1S/C10H15N5O2S2/c1-15-7-12-9(14-15)6-13-19(16,17)10-3-2-8(18-10)4-5-11/h2-3,7,13H,4-6,11H2,1H3. The van der Waals surface area contributed by atoms with Crippen molar-refractivity contribution in [3.63, 3.8) is 0 Å². The Labute approximate surface area is 115 Å². The molecule has 0 atom stereocenters. The Balaban J connectivity index is 2.04. The summed E-state index contributed by atoms with van der Waals surface area (Å²) >= 11 is 1.23. The lowest BCUT2D eigenvalue weighted by molar-refractivity contribution is 0.580. The maximum absolute atomic E-state index is 12.0. The van der Waals surface area contributed by atoms with Crippen LogP contribution in [0, 0.1) is 0 Å². The van der Waals surface area contributed by atoms with Crippen LogP contribution in [-0.2, 0) is 30.0 Å². The first-order valence-corrected chi connectivity index (χ1v) is 7.94. The van der Waals surface area contributed by atoms with Gasteiger partial charge in [0, 0.05) is 11.9 Å². The predicted molar refractivity (Wildman–Crippen MR) is 72.1 cm³/mol. The highest BCUT2D eigenvalue weighted by atomic mass is 32.2. The number of aromatic nitrogens is 3. The van der Waals surface area contributed by atoms with E-state index in [1.807, 2.05) is 0 Å². The molecule has 3 N–H and O–H groups in total. The fraction of sp³-hybridized carbons (Fsp3) is 0.400. The minimum Gasteiger partial charge on any atom is -0.330 e. The molecule has 0 saturated heterocycles. The smallest absolute Gasteiger partial charge is 0.250 e. The first-order chi connectivity index (χ1) is 9.01. The molecule has 0 spiro atoms. The van der Waals surface area contributed by atoms with E-state index in [4.69, 9.17) is 5.73 Å². The molecule has 2 aromatic rings. The fourth-order valence-electron chi connectivity index (χ4n) is 1.47. The number of rotatable bonds is 6. The van der Waals surface area contributed by atoms with Gasteiger partial charge in [0.15, 0.2) is 5.82 Å². The summed E-state index contributed by atoms with van der Waals surface area (Å²) in [5.74, 6) is 0.435. The predicted octanol–water partition coefficient (Wildman–Crippen LogP) is -0.144. The van der Waals surface area contributed by atoms with Crippen LogP contribution in [0.4, 0.5) is 0 Å². The number of aryl methyl sites for hydroxylation is 1. The van der Waals surface area contributed by atoms with Crippen molar-refractivity contribution >= 4 is 21.4 Å². The number of nitrogens with one attached hydrogen (secondary N) is 1. The zero-order valence-corrected chi connectivity index (χ0v) is 12.0. The zero-order valence-electron chi connectivity index (χ0n) is 10.4. The molecular formula is C10H15N5O2S2. The van der Waals surface area contributed by atoms with E-state index in [0.717, 1.165) is 4.88 Å². The topological polar surface area (TPSA) is 103 Å². The summed E-state index contributed by atoms with van der Waals surface area (Å²) < 4.78 is 28.4. The number of nitrogens with two attached hydrogens (primary N) is 1. The summed E-state index contributed by atoms with van der Waals surface area (Å²) in [6.07, 6.45) is 2.20. The molecule has 9 heteroatoms. The second kappa shape index (κ2) is 5.78. The molecule has 0 aliphatic heterocycles. The normalized spacial score (nSPS) is 11.9. The summed E-state index contributed by atoms with van der Waals surface area (Å²) in [4.78, 5) is 4.92. The van der Waals surface area contributed by atoms with Crippen LogP contribution < -0.4 is 10.5 Å². The van der Waals surface area contributed by atoms with Crippen molar-refractivity contribution in [3.8, 4) is 0 Å². The SMILES string of the molecule is Cn1cnc(CNS(=O)(=O)c2ccc(CCN)s2)n1. The molecule has 2 rings (SSSR count). The monoisotopic (exact) mass is 301 g/mol. The lowest BCUT2D eigenvalue weighted by atomic mass is 10.3. The van der Waals surface area contributed by atoms with Crippen LogP contribution in [0.2, 0.25) is 0 Å². The number of hydrogen-bond acceptors (Lipinski definition) is 6. The lowest BCUT2D eigenvalue weighted by Gasteiger charge is -2.01. The van der Waals surface area contributed by atoms with Crippen LogP contribution in [0.1, 0.15) is 10.7 Å². The van der Waals surface area contributed by atoms with E-state index in [9.17, 15) is 8.42 Å². The van der Waals surface area contributed by atoms with Gasteiger partial charge in [-0.25, -0.2) is 18.1 Å². The average molecular weight is 301 g/mol. The van der Waals surface area contributed by atoms with Gasteiger partial charge in [-0.2, -0.15) is 5.10 Å². The van der Waals surface area contributed by atoms with Crippen molar-refractivity contribution in [2.45, 2.75) is 17.2 Å². The summed E-state index contributed by atoms with van der Waals surface area (Å²) in [5, 5.41) is 4.01. The van der Waals surface area contributed by atoms with Crippen molar-refractivity contribution in [2.75, 3.05) is 6.54 Å². The molecule has 104 valence electrons. The molecule has 0 aliphatic rings. The lowest BCUT2D eigenvalue weighted by Crippen LogP contribution is -2.23. The zero-order chi connectivity index (χ0) is 13.9. The number of hydrogen-bond donors (Lipinski definition) is 2. The van der Waals surface area contributed by atoms with Crippen LogP contribution in [0.5, 0.6) is 0 Å². The Morgan fingerprint density at radius 2 is 2.26 bits per heavy atom. The molecule has 2 heterocycles. The number of nitrogens with zero attached hydrogens (tertiary/aromatic N) is 3. The van der Waals surface area contributed by atoms with Gasteiger partial charge in [-0.3, -0.25) is 4.68 Å². The third kappa shape index (κ3) is 3.60. The van der Waals surface area contributed by atoms with Gasteiger partial charge in [0.25, 0.3) is 0 Å². The second-order valence-corrected chi connectivity index (χ2v) is 7.08. The first-order valence-electron chi connectivity index (χ1n) is 5.64. The second-order valence-electron chi connectivity index (χ2n) is 3.92. The van der Waals surface area contributed by atoms with Crippen LogP contribution in [0.25, 0.3) is 0 Å². The molecule has 0 aromatic carbocycles. The minimum atomic E-state index is -3.51. The molecule has 2 aromatic heterocycles. The first kappa shape index (κ1) is 14.1. The van der Waals surface area contributed by atoms with Gasteiger partial charge in [0.2, 0.25) is 10.0 Å². The average Bonchev–Trinajstić information content (AvgIpc) is 2.97. The highest BCUT2D eigenvalue weighted by molar-refractivity contribution is 7.91. The molecule has 0 bridgehead atoms. The molecule has 0 radical (unpaired) electrons. The molecule has 0 saturated carbocycles. The van der Waals surface area contributed by atoms with Crippen molar-refractivity contribution in [1.82, 2.24) is 19.5 Å². The van der Waals surface area contributed by atoms with Gasteiger partial charge < -0.3 is 5.73 Å². The van der Waals surface area contributed by atoms with Crippen molar-refractivity contribution in [2.24, 2.45) is 12.8 Å². The van der Waals surface area contributed by atoms with Crippen molar-refractivity contribution in [1.29, 1.82) is 0 Å². The molecule has 19 heavy (non-hydrogen) atoms. The Bertz CT molecular complexity index is 646. The van der Waals surface area contributed by atoms with Crippen LogP contribution in [0.15, 0.2) is 22.7 Å². The van der Waals surface area contributed by atoms with E-state index in [-0.39, 0.29) is 10.8 Å². The maximum atomic E-state index is 12.0. The van der Waals surface area contributed by atoms with Gasteiger partial charge in [-0.05, 0) is 25.1 Å². The van der Waals surface area contributed by atoms with Crippen molar-refractivity contribution in [3.05, 3.63) is 29.2 Å². The van der Waals surface area contributed by atoms with E-state index in [1.54, 1.807) is 19.2 Å². The largest absolute Gasteiger partial charge is 0.330 e. The van der Waals surface area contributed by atoms with Gasteiger partial charge in [0.05, 0.1) is 6.54 Å². The highest BCUT2D eigenvalue weighted by Gasteiger charge is 2.17. The molecule has 0 fully saturated rings. The quantitative estimate of drug-likeness (QED) is 0.773. The third-order valence-corrected chi connectivity index (χ3v) is 5.40. The number of thiophene rings is 1. The van der Waals surface area contributed by atoms with E-state index < -0.39 is 10.0 Å². The Morgan fingerprint density at radius 1 is 1.47 bits per heavy atom. The third-order valence-electron chi connectivity index (χ3n) is 2.36. The van der Waals surface area contributed by atoms with Gasteiger partial charge in [-0.15, -0.1) is 11.3 Å². The Hall–Kier alpha value is -1.29. The van der Waals surface area contributed by atoms with E-state index >= 15 is 0 Å². The van der Waals surface area contributed by atoms with Gasteiger partial charge >= 0.3 is 0 Å². The molecule has 7 nitrogen and oxygen atoms in total. The van der Waals surface area contributed by atoms with Gasteiger partial charge in [-0.1, -0.05) is 0 Å². The van der Waals surface area contributed by atoms with Crippen LogP contribution in [-0.4, -0.2) is 29.7 Å². The Kier molecular flexibility index (Phi) is 4.30. The summed E-state index contributed by atoms with van der Waals surface area (Å²) in [5.41, 5.74) is 5.44. The molecule has 0 aliphatic carbocycles. The van der Waals surface area contributed by atoms with Crippen molar-refractivity contribution < 1.29 is 8.42 Å². The molecule has 0 amide bonds. The highest BCUT2D eigenvalue weighted by Crippen LogP contribution is 2.21. The minimum absolute atomic E-state index is 0.0767.